The van der Waals surface area contributed by atoms with Crippen molar-refractivity contribution in [2.45, 2.75) is 70.9 Å². The summed E-state index contributed by atoms with van der Waals surface area (Å²) in [7, 11) is -1.33. The van der Waals surface area contributed by atoms with Gasteiger partial charge in [0.1, 0.15) is 6.10 Å². The molecule has 0 spiro atoms. The summed E-state index contributed by atoms with van der Waals surface area (Å²) in [5, 5.41) is 0. The first-order valence-corrected chi connectivity index (χ1v) is 13.3. The number of nitrogens with zero attached hydrogens (tertiary/aromatic N) is 1. The van der Waals surface area contributed by atoms with Crippen LogP contribution in [0.2, 0.25) is 25.7 Å². The number of esters is 2. The number of aromatic nitrogens is 2. The molecule has 0 saturated heterocycles. The van der Waals surface area contributed by atoms with E-state index in [1.54, 1.807) is 6.20 Å². The van der Waals surface area contributed by atoms with E-state index >= 15 is 0 Å². The standard InChI is InChI=1S/C19H30N2O6Si/c1-12(22)26-11-15-8-16(9-17(15)27-13(2)23)21-10-14(6-7-28(3,4)5)18(24)20-19(21)25/h10,15-17H,6-9,11H2,1-5H3,(H,20,24,25)/t15-,16-,17+/m1/s1. The number of ether oxygens (including phenoxy) is 2. The molecule has 9 heteroatoms. The zero-order valence-electron chi connectivity index (χ0n) is 17.2. The van der Waals surface area contributed by atoms with Crippen LogP contribution in [0.1, 0.15) is 38.3 Å². The van der Waals surface area contributed by atoms with E-state index in [0.29, 0.717) is 24.8 Å². The minimum Gasteiger partial charge on any atom is -0.465 e. The second kappa shape index (κ2) is 8.89. The summed E-state index contributed by atoms with van der Waals surface area (Å²) in [5.74, 6) is -1.01. The first-order chi connectivity index (χ1) is 13.0. The van der Waals surface area contributed by atoms with Crippen molar-refractivity contribution in [3.8, 4) is 0 Å². The Morgan fingerprint density at radius 3 is 2.43 bits per heavy atom. The van der Waals surface area contributed by atoms with Gasteiger partial charge in [0.25, 0.3) is 5.56 Å². The van der Waals surface area contributed by atoms with Gasteiger partial charge in [0.2, 0.25) is 0 Å². The van der Waals surface area contributed by atoms with Crippen LogP contribution in [-0.2, 0) is 25.5 Å². The van der Waals surface area contributed by atoms with Crippen LogP contribution < -0.4 is 11.2 Å². The van der Waals surface area contributed by atoms with Crippen LogP contribution in [0.4, 0.5) is 0 Å². The quantitative estimate of drug-likeness (QED) is 0.543. The first kappa shape index (κ1) is 22.1. The highest BCUT2D eigenvalue weighted by Crippen LogP contribution is 2.36. The van der Waals surface area contributed by atoms with Crippen LogP contribution in [0.5, 0.6) is 0 Å². The van der Waals surface area contributed by atoms with Crippen molar-refractivity contribution >= 4 is 20.0 Å². The molecule has 1 aromatic rings. The minimum atomic E-state index is -1.33. The van der Waals surface area contributed by atoms with E-state index in [1.807, 2.05) is 0 Å². The van der Waals surface area contributed by atoms with Crippen molar-refractivity contribution in [1.29, 1.82) is 0 Å². The maximum atomic E-state index is 12.4. The van der Waals surface area contributed by atoms with Gasteiger partial charge in [-0.25, -0.2) is 4.79 Å². The normalized spacial score (nSPS) is 22.1. The molecule has 2 rings (SSSR count). The van der Waals surface area contributed by atoms with Crippen molar-refractivity contribution in [3.05, 3.63) is 32.6 Å². The number of aromatic amines is 1. The van der Waals surface area contributed by atoms with Gasteiger partial charge in [0.05, 0.1) is 6.61 Å². The fraction of sp³-hybridized carbons (Fsp3) is 0.684. The fourth-order valence-electron chi connectivity index (χ4n) is 3.53. The van der Waals surface area contributed by atoms with E-state index in [4.69, 9.17) is 9.47 Å². The fourth-order valence-corrected chi connectivity index (χ4v) is 4.55. The average Bonchev–Trinajstić information content (AvgIpc) is 2.93. The molecule has 0 radical (unpaired) electrons. The maximum Gasteiger partial charge on any atom is 0.328 e. The van der Waals surface area contributed by atoms with Crippen molar-refractivity contribution in [2.75, 3.05) is 6.61 Å². The Hall–Kier alpha value is -2.16. The lowest BCUT2D eigenvalue weighted by Crippen LogP contribution is -2.34. The van der Waals surface area contributed by atoms with Crippen LogP contribution in [0.15, 0.2) is 15.8 Å². The number of hydrogen-bond donors (Lipinski definition) is 1. The van der Waals surface area contributed by atoms with Crippen molar-refractivity contribution in [1.82, 2.24) is 9.55 Å². The zero-order valence-corrected chi connectivity index (χ0v) is 18.2. The smallest absolute Gasteiger partial charge is 0.328 e. The second-order valence-corrected chi connectivity index (χ2v) is 14.3. The van der Waals surface area contributed by atoms with E-state index < -0.39 is 31.8 Å². The van der Waals surface area contributed by atoms with Crippen molar-refractivity contribution in [2.24, 2.45) is 5.92 Å². The van der Waals surface area contributed by atoms with Gasteiger partial charge >= 0.3 is 17.6 Å². The number of nitrogens with one attached hydrogen (secondary N) is 1. The molecule has 0 bridgehead atoms. The Morgan fingerprint density at radius 2 is 1.86 bits per heavy atom. The number of carbonyl (C=O) groups is 2. The van der Waals surface area contributed by atoms with Gasteiger partial charge in [-0.15, -0.1) is 0 Å². The highest BCUT2D eigenvalue weighted by molar-refractivity contribution is 6.76. The lowest BCUT2D eigenvalue weighted by atomic mass is 10.1. The van der Waals surface area contributed by atoms with Crippen LogP contribution in [0.3, 0.4) is 0 Å². The second-order valence-electron chi connectivity index (χ2n) is 8.72. The number of H-pyrrole nitrogens is 1. The largest absolute Gasteiger partial charge is 0.465 e. The van der Waals surface area contributed by atoms with E-state index in [9.17, 15) is 19.2 Å². The average molecular weight is 411 g/mol. The van der Waals surface area contributed by atoms with Crippen LogP contribution in [-0.4, -0.2) is 42.3 Å². The molecule has 0 aliphatic heterocycles. The van der Waals surface area contributed by atoms with Crippen LogP contribution in [0, 0.1) is 5.92 Å². The number of hydrogen-bond acceptors (Lipinski definition) is 6. The summed E-state index contributed by atoms with van der Waals surface area (Å²) in [6.07, 6.45) is 2.79. The molecule has 3 atom stereocenters. The molecule has 1 aromatic heterocycles. The molecule has 28 heavy (non-hydrogen) atoms. The van der Waals surface area contributed by atoms with Crippen molar-refractivity contribution in [3.63, 3.8) is 0 Å². The molecule has 8 nitrogen and oxygen atoms in total. The lowest BCUT2D eigenvalue weighted by molar-refractivity contribution is -0.151. The van der Waals surface area contributed by atoms with Gasteiger partial charge in [-0.3, -0.25) is 23.9 Å². The monoisotopic (exact) mass is 410 g/mol. The van der Waals surface area contributed by atoms with Crippen molar-refractivity contribution < 1.29 is 19.1 Å². The van der Waals surface area contributed by atoms with Gasteiger partial charge in [-0.05, 0) is 12.8 Å². The molecule has 0 aromatic carbocycles. The summed E-state index contributed by atoms with van der Waals surface area (Å²) < 4.78 is 12.0. The van der Waals surface area contributed by atoms with Gasteiger partial charge < -0.3 is 9.47 Å². The topological polar surface area (TPSA) is 107 Å². The third-order valence-corrected chi connectivity index (χ3v) is 6.75. The minimum absolute atomic E-state index is 0.129. The van der Waals surface area contributed by atoms with Gasteiger partial charge in [-0.1, -0.05) is 25.7 Å². The summed E-state index contributed by atoms with van der Waals surface area (Å²) in [5.41, 5.74) is -0.221. The van der Waals surface area contributed by atoms with Gasteiger partial charge in [0, 0.05) is 52.1 Å². The predicted molar refractivity (Wildman–Crippen MR) is 107 cm³/mol. The molecule has 1 aliphatic rings. The van der Waals surface area contributed by atoms with Crippen LogP contribution in [0.25, 0.3) is 0 Å². The number of rotatable bonds is 7. The highest BCUT2D eigenvalue weighted by atomic mass is 28.3. The lowest BCUT2D eigenvalue weighted by Gasteiger charge is -2.18. The Balaban J connectivity index is 2.25. The maximum absolute atomic E-state index is 12.4. The predicted octanol–water partition coefficient (Wildman–Crippen LogP) is 1.86. The summed E-state index contributed by atoms with van der Waals surface area (Å²) in [6.45, 7) is 9.48. The summed E-state index contributed by atoms with van der Waals surface area (Å²) in [6, 6.07) is 0.712. The zero-order chi connectivity index (χ0) is 21.1. The number of carbonyl (C=O) groups excluding carboxylic acids is 2. The van der Waals surface area contributed by atoms with E-state index in [0.717, 1.165) is 6.04 Å². The van der Waals surface area contributed by atoms with Crippen LogP contribution >= 0.6 is 0 Å². The summed E-state index contributed by atoms with van der Waals surface area (Å²) >= 11 is 0. The van der Waals surface area contributed by atoms with Gasteiger partial charge in [-0.2, -0.15) is 0 Å². The highest BCUT2D eigenvalue weighted by Gasteiger charge is 2.38. The molecule has 1 heterocycles. The third-order valence-electron chi connectivity index (χ3n) is 5.00. The molecule has 0 amide bonds. The molecule has 1 saturated carbocycles. The Labute approximate surface area is 165 Å². The Morgan fingerprint density at radius 1 is 1.18 bits per heavy atom. The van der Waals surface area contributed by atoms with E-state index in [-0.39, 0.29) is 24.1 Å². The molecule has 1 N–H and O–H groups in total. The first-order valence-electron chi connectivity index (χ1n) is 9.61. The molecule has 0 unspecified atom stereocenters. The molecular weight excluding hydrogens is 380 g/mol. The number of aryl methyl sites for hydroxylation is 1. The third kappa shape index (κ3) is 6.18. The molecule has 1 fully saturated rings. The Kier molecular flexibility index (Phi) is 7.03. The van der Waals surface area contributed by atoms with E-state index in [1.165, 1.54) is 18.4 Å². The summed E-state index contributed by atoms with van der Waals surface area (Å²) in [4.78, 5) is 49.6. The molecule has 156 valence electrons. The SMILES string of the molecule is CC(=O)OC[C@H]1C[C@@H](n2cc(CC[Si](C)(C)C)c(=O)[nH]c2=O)C[C@@H]1OC(C)=O. The van der Waals surface area contributed by atoms with Gasteiger partial charge in [0.15, 0.2) is 0 Å². The molecular formula is C19H30N2O6Si. The molecule has 1 aliphatic carbocycles. The van der Waals surface area contributed by atoms with E-state index in [2.05, 4.69) is 24.6 Å². The Bertz CT molecular complexity index is 838.